The lowest BCUT2D eigenvalue weighted by Gasteiger charge is -2.20. The molecule has 0 unspecified atom stereocenters. The Morgan fingerprint density at radius 3 is 2.59 bits per heavy atom. The van der Waals surface area contributed by atoms with E-state index in [-0.39, 0.29) is 12.5 Å². The van der Waals surface area contributed by atoms with Crippen LogP contribution in [0.25, 0.3) is 21.9 Å². The number of fused-ring (bicyclic) bond motifs is 2. The van der Waals surface area contributed by atoms with Gasteiger partial charge in [0.25, 0.3) is 5.91 Å². The summed E-state index contributed by atoms with van der Waals surface area (Å²) in [6, 6.07) is 17.9. The minimum atomic E-state index is -0.0868. The van der Waals surface area contributed by atoms with E-state index in [0.29, 0.717) is 19.0 Å². The van der Waals surface area contributed by atoms with Gasteiger partial charge < -0.3 is 19.1 Å². The van der Waals surface area contributed by atoms with Crippen LogP contribution in [0.15, 0.2) is 54.6 Å². The first-order valence-electron chi connectivity index (χ1n) is 8.88. The average Bonchev–Trinajstić information content (AvgIpc) is 2.71. The zero-order valence-corrected chi connectivity index (χ0v) is 15.4. The lowest BCUT2D eigenvalue weighted by atomic mass is 9.96. The molecule has 0 N–H and O–H groups in total. The summed E-state index contributed by atoms with van der Waals surface area (Å²) in [7, 11) is 3.43. The number of ether oxygens (including phenoxy) is 3. The molecule has 0 fully saturated rings. The van der Waals surface area contributed by atoms with Gasteiger partial charge in [-0.3, -0.25) is 4.79 Å². The van der Waals surface area contributed by atoms with Crippen LogP contribution >= 0.6 is 0 Å². The number of amides is 1. The number of carbonyl (C=O) groups is 1. The van der Waals surface area contributed by atoms with E-state index in [4.69, 9.17) is 14.2 Å². The topological polar surface area (TPSA) is 48.0 Å². The van der Waals surface area contributed by atoms with E-state index in [2.05, 4.69) is 12.1 Å². The van der Waals surface area contributed by atoms with E-state index in [1.165, 1.54) is 4.90 Å². The molecule has 138 valence electrons. The first-order chi connectivity index (χ1) is 13.1. The highest BCUT2D eigenvalue weighted by Crippen LogP contribution is 2.41. The summed E-state index contributed by atoms with van der Waals surface area (Å²) in [5.41, 5.74) is 1.90. The molecule has 0 aliphatic carbocycles. The van der Waals surface area contributed by atoms with Crippen molar-refractivity contribution < 1.29 is 19.0 Å². The Kier molecular flexibility index (Phi) is 4.59. The Morgan fingerprint density at radius 2 is 1.78 bits per heavy atom. The molecule has 1 aliphatic rings. The summed E-state index contributed by atoms with van der Waals surface area (Å²) in [6.07, 6.45) is 0. The first kappa shape index (κ1) is 17.2. The number of hydrogen-bond donors (Lipinski definition) is 0. The SMILES string of the molecule is CN(C)C(=O)COc1ccc2ccccc2c1-c1ccc2c(c1)OCCO2. The van der Waals surface area contributed by atoms with Gasteiger partial charge >= 0.3 is 0 Å². The highest BCUT2D eigenvalue weighted by molar-refractivity contribution is 6.00. The Hall–Kier alpha value is -3.21. The maximum Gasteiger partial charge on any atom is 0.259 e. The van der Waals surface area contributed by atoms with Crippen LogP contribution in [0, 0.1) is 0 Å². The molecule has 0 saturated heterocycles. The molecule has 1 aliphatic heterocycles. The standard InChI is InChI=1S/C22H21NO4/c1-23(2)21(24)14-27-19-10-7-15-5-3-4-6-17(15)22(19)16-8-9-18-20(13-16)26-12-11-25-18/h3-10,13H,11-12,14H2,1-2H3. The Bertz CT molecular complexity index is 997. The monoisotopic (exact) mass is 363 g/mol. The van der Waals surface area contributed by atoms with Crippen molar-refractivity contribution in [2.24, 2.45) is 0 Å². The van der Waals surface area contributed by atoms with Crippen molar-refractivity contribution in [2.75, 3.05) is 33.9 Å². The zero-order chi connectivity index (χ0) is 18.8. The van der Waals surface area contributed by atoms with Crippen LogP contribution in [-0.2, 0) is 4.79 Å². The van der Waals surface area contributed by atoms with E-state index in [0.717, 1.165) is 33.4 Å². The first-order valence-corrected chi connectivity index (χ1v) is 8.88. The second-order valence-electron chi connectivity index (χ2n) is 6.60. The molecule has 0 spiro atoms. The molecular formula is C22H21NO4. The zero-order valence-electron chi connectivity index (χ0n) is 15.4. The highest BCUT2D eigenvalue weighted by atomic mass is 16.6. The van der Waals surface area contributed by atoms with Crippen molar-refractivity contribution in [3.05, 3.63) is 54.6 Å². The smallest absolute Gasteiger partial charge is 0.259 e. The predicted molar refractivity (Wildman–Crippen MR) is 105 cm³/mol. The molecule has 5 nitrogen and oxygen atoms in total. The van der Waals surface area contributed by atoms with Crippen LogP contribution in [0.4, 0.5) is 0 Å². The van der Waals surface area contributed by atoms with E-state index in [1.807, 2.05) is 42.5 Å². The molecule has 0 radical (unpaired) electrons. The molecule has 0 bridgehead atoms. The van der Waals surface area contributed by atoms with Gasteiger partial charge in [0.05, 0.1) is 0 Å². The quantitative estimate of drug-likeness (QED) is 0.708. The van der Waals surface area contributed by atoms with Gasteiger partial charge in [0, 0.05) is 19.7 Å². The minimum absolute atomic E-state index is 0.0110. The number of nitrogens with zero attached hydrogens (tertiary/aromatic N) is 1. The van der Waals surface area contributed by atoms with Crippen molar-refractivity contribution in [3.8, 4) is 28.4 Å². The summed E-state index contributed by atoms with van der Waals surface area (Å²) < 4.78 is 17.3. The van der Waals surface area contributed by atoms with E-state index >= 15 is 0 Å². The van der Waals surface area contributed by atoms with Gasteiger partial charge in [-0.1, -0.05) is 36.4 Å². The van der Waals surface area contributed by atoms with Gasteiger partial charge in [0.15, 0.2) is 18.1 Å². The summed E-state index contributed by atoms with van der Waals surface area (Å²) in [5, 5.41) is 2.16. The summed E-state index contributed by atoms with van der Waals surface area (Å²) >= 11 is 0. The van der Waals surface area contributed by atoms with Crippen molar-refractivity contribution in [1.29, 1.82) is 0 Å². The summed E-state index contributed by atoms with van der Waals surface area (Å²) in [6.45, 7) is 1.08. The molecule has 0 aromatic heterocycles. The molecule has 5 heteroatoms. The van der Waals surface area contributed by atoms with Crippen LogP contribution in [-0.4, -0.2) is 44.7 Å². The van der Waals surface area contributed by atoms with Crippen LogP contribution in [0.5, 0.6) is 17.2 Å². The van der Waals surface area contributed by atoms with Crippen molar-refractivity contribution in [1.82, 2.24) is 4.90 Å². The van der Waals surface area contributed by atoms with Gasteiger partial charge in [0.1, 0.15) is 19.0 Å². The molecule has 4 rings (SSSR count). The number of rotatable bonds is 4. The molecule has 3 aromatic rings. The third kappa shape index (κ3) is 3.40. The van der Waals surface area contributed by atoms with E-state index in [9.17, 15) is 4.79 Å². The van der Waals surface area contributed by atoms with Crippen LogP contribution in [0.2, 0.25) is 0 Å². The van der Waals surface area contributed by atoms with E-state index < -0.39 is 0 Å². The number of carbonyl (C=O) groups excluding carboxylic acids is 1. The summed E-state index contributed by atoms with van der Waals surface area (Å²) in [5.74, 6) is 2.05. The Labute approximate surface area is 158 Å². The fourth-order valence-electron chi connectivity index (χ4n) is 3.14. The Balaban J connectivity index is 1.81. The second kappa shape index (κ2) is 7.19. The second-order valence-corrected chi connectivity index (χ2v) is 6.60. The number of hydrogen-bond acceptors (Lipinski definition) is 4. The molecule has 1 amide bonds. The van der Waals surface area contributed by atoms with Crippen molar-refractivity contribution in [3.63, 3.8) is 0 Å². The van der Waals surface area contributed by atoms with Gasteiger partial charge in [-0.05, 0) is 34.5 Å². The lowest BCUT2D eigenvalue weighted by molar-refractivity contribution is -0.130. The molecule has 0 atom stereocenters. The largest absolute Gasteiger partial charge is 0.486 e. The van der Waals surface area contributed by atoms with Crippen molar-refractivity contribution >= 4 is 16.7 Å². The number of likely N-dealkylation sites (N-methyl/N-ethyl adjacent to an activating group) is 1. The lowest BCUT2D eigenvalue weighted by Crippen LogP contribution is -2.27. The number of benzene rings is 3. The van der Waals surface area contributed by atoms with Gasteiger partial charge in [-0.15, -0.1) is 0 Å². The predicted octanol–water partition coefficient (Wildman–Crippen LogP) is 3.75. The van der Waals surface area contributed by atoms with Crippen LogP contribution in [0.3, 0.4) is 0 Å². The third-order valence-corrected chi connectivity index (χ3v) is 4.57. The van der Waals surface area contributed by atoms with Gasteiger partial charge in [-0.25, -0.2) is 0 Å². The Morgan fingerprint density at radius 1 is 1.00 bits per heavy atom. The molecule has 0 saturated carbocycles. The highest BCUT2D eigenvalue weighted by Gasteiger charge is 2.17. The maximum absolute atomic E-state index is 12.0. The molecule has 27 heavy (non-hydrogen) atoms. The molecule has 1 heterocycles. The maximum atomic E-state index is 12.0. The van der Waals surface area contributed by atoms with Crippen molar-refractivity contribution in [2.45, 2.75) is 0 Å². The molecule has 3 aromatic carbocycles. The fraction of sp³-hybridized carbons (Fsp3) is 0.227. The third-order valence-electron chi connectivity index (χ3n) is 4.57. The van der Waals surface area contributed by atoms with E-state index in [1.54, 1.807) is 14.1 Å². The van der Waals surface area contributed by atoms with Gasteiger partial charge in [0.2, 0.25) is 0 Å². The summed E-state index contributed by atoms with van der Waals surface area (Å²) in [4.78, 5) is 13.5. The minimum Gasteiger partial charge on any atom is -0.486 e. The van der Waals surface area contributed by atoms with Crippen LogP contribution < -0.4 is 14.2 Å². The fourth-order valence-corrected chi connectivity index (χ4v) is 3.14. The van der Waals surface area contributed by atoms with Gasteiger partial charge in [-0.2, -0.15) is 0 Å². The van der Waals surface area contributed by atoms with Crippen LogP contribution in [0.1, 0.15) is 0 Å². The normalized spacial score (nSPS) is 12.7. The molecular weight excluding hydrogens is 342 g/mol. The average molecular weight is 363 g/mol.